The highest BCUT2D eigenvalue weighted by molar-refractivity contribution is 5.94. The van der Waals surface area contributed by atoms with Gasteiger partial charge in [0.25, 0.3) is 5.91 Å². The third-order valence-electron chi connectivity index (χ3n) is 4.78. The smallest absolute Gasteiger partial charge is 0.251 e. The van der Waals surface area contributed by atoms with Crippen molar-refractivity contribution in [1.29, 1.82) is 0 Å². The highest BCUT2D eigenvalue weighted by Gasteiger charge is 2.03. The van der Waals surface area contributed by atoms with Crippen molar-refractivity contribution >= 4 is 5.91 Å². The van der Waals surface area contributed by atoms with E-state index in [0.29, 0.717) is 0 Å². The summed E-state index contributed by atoms with van der Waals surface area (Å²) in [5.41, 5.74) is 1.66. The molecule has 0 bridgehead atoms. The van der Waals surface area contributed by atoms with Crippen molar-refractivity contribution in [3.8, 4) is 0 Å². The lowest BCUT2D eigenvalue weighted by atomic mass is 10.0. The summed E-state index contributed by atoms with van der Waals surface area (Å²) in [5, 5.41) is 3.00. The number of hydrogen-bond donors (Lipinski definition) is 1. The van der Waals surface area contributed by atoms with E-state index in [0.717, 1.165) is 24.1 Å². The van der Waals surface area contributed by atoms with Gasteiger partial charge in [0.1, 0.15) is 0 Å². The maximum atomic E-state index is 11.9. The number of carbonyl (C=O) groups excluding carboxylic acids is 1. The molecule has 1 N–H and O–H groups in total. The van der Waals surface area contributed by atoms with Crippen molar-refractivity contribution in [3.05, 3.63) is 42.3 Å². The highest BCUT2D eigenvalue weighted by atomic mass is 16.1. The van der Waals surface area contributed by atoms with Crippen molar-refractivity contribution in [2.75, 3.05) is 6.54 Å². The molecule has 0 aliphatic rings. The molecule has 1 aromatic rings. The van der Waals surface area contributed by atoms with E-state index in [1.807, 2.05) is 24.3 Å². The largest absolute Gasteiger partial charge is 0.352 e. The SMILES string of the molecule is [CH2]c1ccc(C(=O)NCCCCCCCCCCCCCCC)cc1. The Bertz CT molecular complexity index is 438. The van der Waals surface area contributed by atoms with Crippen LogP contribution in [0.3, 0.4) is 0 Å². The first-order valence-electron chi connectivity index (χ1n) is 10.4. The van der Waals surface area contributed by atoms with E-state index in [1.54, 1.807) is 0 Å². The third kappa shape index (κ3) is 11.8. The first kappa shape index (κ1) is 21.7. The molecule has 0 aliphatic carbocycles. The van der Waals surface area contributed by atoms with Crippen LogP contribution in [0.4, 0.5) is 0 Å². The molecule has 1 radical (unpaired) electrons. The van der Waals surface area contributed by atoms with Crippen LogP contribution in [0.5, 0.6) is 0 Å². The molecule has 0 saturated heterocycles. The van der Waals surface area contributed by atoms with Gasteiger partial charge in [-0.2, -0.15) is 0 Å². The van der Waals surface area contributed by atoms with Crippen LogP contribution in [0, 0.1) is 6.92 Å². The zero-order valence-electron chi connectivity index (χ0n) is 16.3. The molecule has 0 unspecified atom stereocenters. The van der Waals surface area contributed by atoms with E-state index < -0.39 is 0 Å². The molecule has 0 atom stereocenters. The Morgan fingerprint density at radius 2 is 1.20 bits per heavy atom. The van der Waals surface area contributed by atoms with Crippen LogP contribution >= 0.6 is 0 Å². The summed E-state index contributed by atoms with van der Waals surface area (Å²) in [7, 11) is 0. The molecule has 0 aromatic heterocycles. The van der Waals surface area contributed by atoms with Crippen molar-refractivity contribution < 1.29 is 4.79 Å². The summed E-state index contributed by atoms with van der Waals surface area (Å²) in [6.45, 7) is 6.89. The van der Waals surface area contributed by atoms with Gasteiger partial charge in [-0.15, -0.1) is 0 Å². The fourth-order valence-electron chi connectivity index (χ4n) is 3.10. The second-order valence-corrected chi connectivity index (χ2v) is 7.20. The molecule has 1 amide bonds. The number of hydrogen-bond acceptors (Lipinski definition) is 1. The first-order chi connectivity index (χ1) is 12.2. The molecule has 0 heterocycles. The minimum absolute atomic E-state index is 0.0268. The Hall–Kier alpha value is -1.31. The van der Waals surface area contributed by atoms with E-state index >= 15 is 0 Å². The van der Waals surface area contributed by atoms with Gasteiger partial charge in [0.2, 0.25) is 0 Å². The summed E-state index contributed by atoms with van der Waals surface area (Å²) < 4.78 is 0. The normalized spacial score (nSPS) is 10.8. The summed E-state index contributed by atoms with van der Waals surface area (Å²) in [5.74, 6) is 0.0268. The summed E-state index contributed by atoms with van der Waals surface area (Å²) >= 11 is 0. The van der Waals surface area contributed by atoms with E-state index in [-0.39, 0.29) is 5.91 Å². The molecule has 0 saturated carbocycles. The number of unbranched alkanes of at least 4 members (excludes halogenated alkanes) is 12. The van der Waals surface area contributed by atoms with Crippen molar-refractivity contribution in [2.45, 2.75) is 90.4 Å². The number of rotatable bonds is 15. The van der Waals surface area contributed by atoms with Gasteiger partial charge in [-0.3, -0.25) is 4.79 Å². The lowest BCUT2D eigenvalue weighted by Gasteiger charge is -2.06. The molecular formula is C23H38NO. The average Bonchev–Trinajstić information content (AvgIpc) is 2.62. The van der Waals surface area contributed by atoms with Gasteiger partial charge in [-0.05, 0) is 31.0 Å². The van der Waals surface area contributed by atoms with Gasteiger partial charge in [0, 0.05) is 12.1 Å². The lowest BCUT2D eigenvalue weighted by Crippen LogP contribution is -2.24. The van der Waals surface area contributed by atoms with Gasteiger partial charge in [0.05, 0.1) is 0 Å². The highest BCUT2D eigenvalue weighted by Crippen LogP contribution is 2.12. The third-order valence-corrected chi connectivity index (χ3v) is 4.78. The van der Waals surface area contributed by atoms with Gasteiger partial charge >= 0.3 is 0 Å². The Morgan fingerprint density at radius 3 is 1.68 bits per heavy atom. The zero-order chi connectivity index (χ0) is 18.2. The monoisotopic (exact) mass is 344 g/mol. The Morgan fingerprint density at radius 1 is 0.760 bits per heavy atom. The fourth-order valence-corrected chi connectivity index (χ4v) is 3.10. The molecule has 0 spiro atoms. The Kier molecular flexibility index (Phi) is 13.0. The number of nitrogens with one attached hydrogen (secondary N) is 1. The number of carbonyl (C=O) groups is 1. The van der Waals surface area contributed by atoms with Crippen LogP contribution in [0.25, 0.3) is 0 Å². The van der Waals surface area contributed by atoms with Crippen molar-refractivity contribution in [2.24, 2.45) is 0 Å². The predicted octanol–water partition coefficient (Wildman–Crippen LogP) is 6.69. The van der Waals surface area contributed by atoms with Crippen LogP contribution in [-0.2, 0) is 0 Å². The first-order valence-corrected chi connectivity index (χ1v) is 10.4. The molecule has 25 heavy (non-hydrogen) atoms. The fraction of sp³-hybridized carbons (Fsp3) is 0.652. The number of benzene rings is 1. The Balaban J connectivity index is 1.84. The van der Waals surface area contributed by atoms with E-state index in [1.165, 1.54) is 77.0 Å². The molecular weight excluding hydrogens is 306 g/mol. The molecule has 0 aliphatic heterocycles. The standard InChI is InChI=1S/C23H38NO/c1-3-4-5-6-7-8-9-10-11-12-13-14-15-20-24-23(25)22-18-16-21(2)17-19-22/h16-19H,2-15,20H2,1H3,(H,24,25). The van der Waals surface area contributed by atoms with Crippen LogP contribution in [-0.4, -0.2) is 12.5 Å². The quantitative estimate of drug-likeness (QED) is 0.353. The second-order valence-electron chi connectivity index (χ2n) is 7.20. The van der Waals surface area contributed by atoms with E-state index in [9.17, 15) is 4.79 Å². The van der Waals surface area contributed by atoms with Gasteiger partial charge < -0.3 is 5.32 Å². The summed E-state index contributed by atoms with van der Waals surface area (Å²) in [4.78, 5) is 11.9. The minimum atomic E-state index is 0.0268. The lowest BCUT2D eigenvalue weighted by molar-refractivity contribution is 0.0953. The van der Waals surface area contributed by atoms with Crippen LogP contribution < -0.4 is 5.32 Å². The van der Waals surface area contributed by atoms with Gasteiger partial charge in [0.15, 0.2) is 0 Å². The molecule has 2 nitrogen and oxygen atoms in total. The summed E-state index contributed by atoms with van der Waals surface area (Å²) in [6, 6.07) is 7.42. The maximum Gasteiger partial charge on any atom is 0.251 e. The topological polar surface area (TPSA) is 29.1 Å². The second kappa shape index (κ2) is 15.0. The molecule has 0 fully saturated rings. The molecule has 141 valence electrons. The molecule has 1 aromatic carbocycles. The Labute approximate surface area is 155 Å². The van der Waals surface area contributed by atoms with E-state index in [2.05, 4.69) is 19.2 Å². The van der Waals surface area contributed by atoms with Crippen molar-refractivity contribution in [3.63, 3.8) is 0 Å². The van der Waals surface area contributed by atoms with Gasteiger partial charge in [-0.1, -0.05) is 96.1 Å². The molecule has 1 rings (SSSR count). The zero-order valence-corrected chi connectivity index (χ0v) is 16.3. The average molecular weight is 345 g/mol. The van der Waals surface area contributed by atoms with Crippen LogP contribution in [0.1, 0.15) is 106 Å². The van der Waals surface area contributed by atoms with Gasteiger partial charge in [-0.25, -0.2) is 0 Å². The van der Waals surface area contributed by atoms with Crippen LogP contribution in [0.2, 0.25) is 0 Å². The minimum Gasteiger partial charge on any atom is -0.352 e. The molecule has 2 heteroatoms. The van der Waals surface area contributed by atoms with Crippen LogP contribution in [0.15, 0.2) is 24.3 Å². The van der Waals surface area contributed by atoms with E-state index in [4.69, 9.17) is 0 Å². The van der Waals surface area contributed by atoms with Crippen molar-refractivity contribution in [1.82, 2.24) is 5.32 Å². The predicted molar refractivity (Wildman–Crippen MR) is 109 cm³/mol. The summed E-state index contributed by atoms with van der Waals surface area (Å²) in [6.07, 6.45) is 17.6. The maximum absolute atomic E-state index is 11.9. The number of amides is 1.